The van der Waals surface area contributed by atoms with E-state index in [0.29, 0.717) is 58.2 Å². The van der Waals surface area contributed by atoms with Crippen molar-refractivity contribution in [3.05, 3.63) is 0 Å². The van der Waals surface area contributed by atoms with E-state index in [-0.39, 0.29) is 52.6 Å². The van der Waals surface area contributed by atoms with E-state index in [2.05, 4.69) is 65.2 Å². The summed E-state index contributed by atoms with van der Waals surface area (Å²) in [6.07, 6.45) is 0. The third-order valence-corrected chi connectivity index (χ3v) is 6.47. The number of aromatic nitrogens is 4. The molecule has 12 nitrogen and oxygen atoms in total. The van der Waals surface area contributed by atoms with E-state index in [0.717, 1.165) is 26.2 Å². The van der Waals surface area contributed by atoms with Gasteiger partial charge in [-0.1, -0.05) is 55.4 Å². The third kappa shape index (κ3) is 10.3. The number of rotatable bonds is 20. The zero-order chi connectivity index (χ0) is 31.4. The van der Waals surface area contributed by atoms with Crippen LogP contribution in [0.1, 0.15) is 55.4 Å². The summed E-state index contributed by atoms with van der Waals surface area (Å²) in [6, 6.07) is 0. The van der Waals surface area contributed by atoms with Gasteiger partial charge >= 0.3 is 0 Å². The Morgan fingerprint density at radius 2 is 0.690 bits per heavy atom. The van der Waals surface area contributed by atoms with Gasteiger partial charge < -0.3 is 40.0 Å². The first-order valence-electron chi connectivity index (χ1n) is 15.5. The Morgan fingerprint density at radius 1 is 0.429 bits per heavy atom. The molecule has 0 fully saturated rings. The minimum Gasteiger partial charge on any atom is -0.395 e. The normalized spacial score (nSPS) is 11.9. The molecule has 2 rings (SSSR count). The molecule has 2 aromatic rings. The molecule has 0 bridgehead atoms. The van der Waals surface area contributed by atoms with Gasteiger partial charge in [0.2, 0.25) is 11.9 Å². The molecule has 0 aliphatic carbocycles. The summed E-state index contributed by atoms with van der Waals surface area (Å²) < 4.78 is 0. The fourth-order valence-corrected chi connectivity index (χ4v) is 5.05. The number of hydrogen-bond donors (Lipinski definition) is 4. The molecular formula is C30H56N8O4. The van der Waals surface area contributed by atoms with E-state index >= 15 is 0 Å². The van der Waals surface area contributed by atoms with Crippen molar-refractivity contribution in [3.63, 3.8) is 0 Å². The fourth-order valence-electron chi connectivity index (χ4n) is 5.05. The van der Waals surface area contributed by atoms with E-state index in [4.69, 9.17) is 19.9 Å². The van der Waals surface area contributed by atoms with Gasteiger partial charge in [0.25, 0.3) is 0 Å². The zero-order valence-corrected chi connectivity index (χ0v) is 27.2. The molecule has 0 amide bonds. The van der Waals surface area contributed by atoms with Crippen LogP contribution in [0.4, 0.5) is 23.5 Å². The van der Waals surface area contributed by atoms with E-state index in [9.17, 15) is 20.4 Å². The summed E-state index contributed by atoms with van der Waals surface area (Å²) in [4.78, 5) is 28.2. The molecule has 42 heavy (non-hydrogen) atoms. The average Bonchev–Trinajstić information content (AvgIpc) is 2.90. The summed E-state index contributed by atoms with van der Waals surface area (Å²) in [5, 5.41) is 39.3. The molecule has 12 heteroatoms. The maximum Gasteiger partial charge on any atom is 0.228 e. The lowest BCUT2D eigenvalue weighted by molar-refractivity contribution is 0.279. The Morgan fingerprint density at radius 3 is 0.905 bits per heavy atom. The molecule has 0 radical (unpaired) electrons. The van der Waals surface area contributed by atoms with Crippen LogP contribution in [-0.4, -0.2) is 119 Å². The number of anilines is 4. The predicted octanol–water partition coefficient (Wildman–Crippen LogP) is 2.24. The molecule has 0 saturated carbocycles. The number of aliphatic hydroxyl groups is 4. The van der Waals surface area contributed by atoms with E-state index in [1.165, 1.54) is 0 Å². The monoisotopic (exact) mass is 592 g/mol. The summed E-state index contributed by atoms with van der Waals surface area (Å²) >= 11 is 0. The molecule has 0 atom stereocenters. The Kier molecular flexibility index (Phi) is 14.9. The minimum absolute atomic E-state index is 0.106. The van der Waals surface area contributed by atoms with Crippen molar-refractivity contribution in [2.45, 2.75) is 55.4 Å². The van der Waals surface area contributed by atoms with Crippen LogP contribution < -0.4 is 19.6 Å². The summed E-state index contributed by atoms with van der Waals surface area (Å²) in [7, 11) is 0. The highest BCUT2D eigenvalue weighted by Gasteiger charge is 2.27. The quantitative estimate of drug-likeness (QED) is 0.179. The van der Waals surface area contributed by atoms with Gasteiger partial charge in [0.1, 0.15) is 11.0 Å². The van der Waals surface area contributed by atoms with Gasteiger partial charge in [-0.25, -0.2) is 9.97 Å². The van der Waals surface area contributed by atoms with Crippen LogP contribution in [0.5, 0.6) is 0 Å². The highest BCUT2D eigenvalue weighted by molar-refractivity contribution is 5.95. The van der Waals surface area contributed by atoms with Crippen LogP contribution in [0.25, 0.3) is 11.0 Å². The molecule has 240 valence electrons. The van der Waals surface area contributed by atoms with Crippen LogP contribution in [-0.2, 0) is 0 Å². The standard InChI is InChI=1S/C30H56N8O4/c1-21(2)17-37(18-22(3)4)27-25-26(32-29(33-27)35(9-13-39)10-14-40)28(38(19-23(5)6)20-24(7)8)34-30(31-25)36(11-15-41)12-16-42/h21-24,39-42H,9-20H2,1-8H3. The molecule has 2 aromatic heterocycles. The lowest BCUT2D eigenvalue weighted by Gasteiger charge is -2.32. The number of aliphatic hydroxyl groups excluding tert-OH is 4. The topological polar surface area (TPSA) is 145 Å². The number of fused-ring (bicyclic) bond motifs is 1. The maximum atomic E-state index is 9.83. The summed E-state index contributed by atoms with van der Waals surface area (Å²) in [5.74, 6) is 3.56. The second kappa shape index (κ2) is 17.5. The van der Waals surface area contributed by atoms with Crippen LogP contribution in [0.2, 0.25) is 0 Å². The van der Waals surface area contributed by atoms with Crippen molar-refractivity contribution in [1.29, 1.82) is 0 Å². The molecule has 4 N–H and O–H groups in total. The zero-order valence-electron chi connectivity index (χ0n) is 27.2. The molecule has 0 unspecified atom stereocenters. The van der Waals surface area contributed by atoms with Crippen LogP contribution in [0.3, 0.4) is 0 Å². The average molecular weight is 593 g/mol. The van der Waals surface area contributed by atoms with Crippen molar-refractivity contribution in [2.24, 2.45) is 23.7 Å². The highest BCUT2D eigenvalue weighted by atomic mass is 16.3. The Labute approximate surface area is 252 Å². The molecule has 0 aromatic carbocycles. The van der Waals surface area contributed by atoms with Gasteiger partial charge in [-0.05, 0) is 23.7 Å². The van der Waals surface area contributed by atoms with Crippen LogP contribution >= 0.6 is 0 Å². The first kappa shape index (κ1) is 35.7. The molecule has 0 spiro atoms. The van der Waals surface area contributed by atoms with Crippen LogP contribution in [0.15, 0.2) is 0 Å². The predicted molar refractivity (Wildman–Crippen MR) is 172 cm³/mol. The van der Waals surface area contributed by atoms with Crippen molar-refractivity contribution >= 4 is 34.6 Å². The van der Waals surface area contributed by atoms with E-state index < -0.39 is 0 Å². The van der Waals surface area contributed by atoms with Gasteiger partial charge in [-0.2, -0.15) is 9.97 Å². The van der Waals surface area contributed by atoms with Crippen LogP contribution in [0, 0.1) is 23.7 Å². The second-order valence-electron chi connectivity index (χ2n) is 12.6. The highest BCUT2D eigenvalue weighted by Crippen LogP contribution is 2.34. The Hall–Kier alpha value is -2.54. The Balaban J connectivity index is 3.09. The van der Waals surface area contributed by atoms with Gasteiger partial charge in [0, 0.05) is 52.4 Å². The SMILES string of the molecule is CC(C)CN(CC(C)C)c1nc(N(CCO)CCO)nc2c(N(CC(C)C)CC(C)C)nc(N(CCO)CCO)nc12. The molecule has 0 saturated heterocycles. The third-order valence-electron chi connectivity index (χ3n) is 6.47. The fraction of sp³-hybridized carbons (Fsp3) is 0.800. The molecule has 0 aliphatic rings. The smallest absolute Gasteiger partial charge is 0.228 e. The van der Waals surface area contributed by atoms with Crippen molar-refractivity contribution in [2.75, 3.05) is 98.4 Å². The first-order chi connectivity index (χ1) is 19.9. The van der Waals surface area contributed by atoms with Crippen molar-refractivity contribution < 1.29 is 20.4 Å². The number of nitrogens with zero attached hydrogens (tertiary/aromatic N) is 8. The van der Waals surface area contributed by atoms with Gasteiger partial charge in [-0.15, -0.1) is 0 Å². The van der Waals surface area contributed by atoms with Gasteiger partial charge in [-0.3, -0.25) is 0 Å². The van der Waals surface area contributed by atoms with Gasteiger partial charge in [0.05, 0.1) is 26.4 Å². The van der Waals surface area contributed by atoms with E-state index in [1.54, 1.807) is 9.80 Å². The number of hydrogen-bond acceptors (Lipinski definition) is 12. The largest absolute Gasteiger partial charge is 0.395 e. The van der Waals surface area contributed by atoms with Crippen molar-refractivity contribution in [3.8, 4) is 0 Å². The summed E-state index contributed by atoms with van der Waals surface area (Å²) in [5.41, 5.74) is 1.21. The first-order valence-corrected chi connectivity index (χ1v) is 15.5. The minimum atomic E-state index is -0.106. The van der Waals surface area contributed by atoms with Crippen molar-refractivity contribution in [1.82, 2.24) is 19.9 Å². The lowest BCUT2D eigenvalue weighted by atomic mass is 10.1. The second-order valence-corrected chi connectivity index (χ2v) is 12.6. The lowest BCUT2D eigenvalue weighted by Crippen LogP contribution is -2.37. The molecular weight excluding hydrogens is 536 g/mol. The summed E-state index contributed by atoms with van der Waals surface area (Å²) in [6.45, 7) is 21.0. The molecule has 2 heterocycles. The maximum absolute atomic E-state index is 9.83. The molecule has 0 aliphatic heterocycles. The van der Waals surface area contributed by atoms with E-state index in [1.807, 2.05) is 0 Å². The Bertz CT molecular complexity index is 954. The van der Waals surface area contributed by atoms with Gasteiger partial charge in [0.15, 0.2) is 11.6 Å².